The molecule has 0 unspecified atom stereocenters. The van der Waals surface area contributed by atoms with Gasteiger partial charge in [-0.25, -0.2) is 0 Å². The van der Waals surface area contributed by atoms with Gasteiger partial charge in [0.05, 0.1) is 47.8 Å². The van der Waals surface area contributed by atoms with Crippen molar-refractivity contribution >= 4 is 5.78 Å². The summed E-state index contributed by atoms with van der Waals surface area (Å²) in [5, 5.41) is 9.15. The fourth-order valence-electron chi connectivity index (χ4n) is 1.61. The third-order valence-corrected chi connectivity index (χ3v) is 2.72. The molecular formula is C14H22INO3. The number of aliphatic hydroxyl groups excluding tert-OH is 1. The molecule has 0 aliphatic heterocycles. The van der Waals surface area contributed by atoms with Crippen molar-refractivity contribution in [1.29, 1.82) is 0 Å². The lowest BCUT2D eigenvalue weighted by molar-refractivity contribution is -0.869. The van der Waals surface area contributed by atoms with Gasteiger partial charge in [-0.05, 0) is 23.8 Å². The Bertz CT molecular complexity index is 405. The third-order valence-electron chi connectivity index (χ3n) is 2.72. The van der Waals surface area contributed by atoms with Crippen molar-refractivity contribution < 1.29 is 43.1 Å². The van der Waals surface area contributed by atoms with Gasteiger partial charge in [0.1, 0.15) is 5.75 Å². The smallest absolute Gasteiger partial charge is 0.168 e. The number of hydrogen-bond donors (Lipinski definition) is 1. The van der Waals surface area contributed by atoms with Crippen LogP contribution in [0.1, 0.15) is 22.3 Å². The van der Waals surface area contributed by atoms with E-state index < -0.39 is 0 Å². The standard InChI is InChI=1S/C14H22NO3.HI/c1-15(2,3)6-5-14(17)12-7-11(10-16)8-13(9-12)18-4;/h7-9,16H,5-6,10H2,1-4H3;1H/q+1;/p-1. The van der Waals surface area contributed by atoms with E-state index in [1.54, 1.807) is 25.3 Å². The van der Waals surface area contributed by atoms with Crippen LogP contribution < -0.4 is 28.7 Å². The molecule has 1 aromatic carbocycles. The molecular weight excluding hydrogens is 357 g/mol. The molecule has 4 nitrogen and oxygen atoms in total. The molecule has 5 heteroatoms. The van der Waals surface area contributed by atoms with Crippen LogP contribution in [-0.4, -0.2) is 50.2 Å². The molecule has 0 bridgehead atoms. The van der Waals surface area contributed by atoms with Gasteiger partial charge in [-0.3, -0.25) is 4.79 Å². The Hall–Kier alpha value is -0.660. The van der Waals surface area contributed by atoms with Crippen LogP contribution in [0.15, 0.2) is 18.2 Å². The lowest BCUT2D eigenvalue weighted by Gasteiger charge is -2.23. The third kappa shape index (κ3) is 6.35. The first-order chi connectivity index (χ1) is 8.35. The van der Waals surface area contributed by atoms with E-state index in [0.29, 0.717) is 23.3 Å². The summed E-state index contributed by atoms with van der Waals surface area (Å²) in [4.78, 5) is 12.1. The number of carbonyl (C=O) groups excluding carboxylic acids is 1. The van der Waals surface area contributed by atoms with Gasteiger partial charge in [-0.1, -0.05) is 0 Å². The minimum atomic E-state index is -0.0905. The first-order valence-electron chi connectivity index (χ1n) is 5.98. The second-order valence-corrected chi connectivity index (χ2v) is 5.41. The average molecular weight is 379 g/mol. The average Bonchev–Trinajstić information content (AvgIpc) is 2.34. The molecule has 0 aromatic heterocycles. The number of nitrogens with zero attached hydrogens (tertiary/aromatic N) is 1. The molecule has 0 saturated carbocycles. The van der Waals surface area contributed by atoms with Gasteiger partial charge < -0.3 is 38.3 Å². The lowest BCUT2D eigenvalue weighted by Crippen LogP contribution is -3.00. The van der Waals surface area contributed by atoms with E-state index in [0.717, 1.165) is 11.0 Å². The van der Waals surface area contributed by atoms with Crippen molar-refractivity contribution in [3.8, 4) is 5.75 Å². The summed E-state index contributed by atoms with van der Waals surface area (Å²) >= 11 is 0. The number of carbonyl (C=O) groups is 1. The van der Waals surface area contributed by atoms with Gasteiger partial charge in [0, 0.05) is 5.56 Å². The van der Waals surface area contributed by atoms with E-state index in [2.05, 4.69) is 21.1 Å². The van der Waals surface area contributed by atoms with Crippen molar-refractivity contribution in [2.45, 2.75) is 13.0 Å². The quantitative estimate of drug-likeness (QED) is 0.371. The number of benzene rings is 1. The monoisotopic (exact) mass is 379 g/mol. The topological polar surface area (TPSA) is 46.5 Å². The summed E-state index contributed by atoms with van der Waals surface area (Å²) in [6, 6.07) is 5.17. The summed E-state index contributed by atoms with van der Waals surface area (Å²) in [5.74, 6) is 0.687. The molecule has 19 heavy (non-hydrogen) atoms. The summed E-state index contributed by atoms with van der Waals surface area (Å²) < 4.78 is 5.88. The number of quaternary nitrogens is 1. The van der Waals surface area contributed by atoms with Crippen LogP contribution in [0.2, 0.25) is 0 Å². The molecule has 0 radical (unpaired) electrons. The van der Waals surface area contributed by atoms with E-state index in [1.165, 1.54) is 0 Å². The van der Waals surface area contributed by atoms with E-state index in [4.69, 9.17) is 9.84 Å². The van der Waals surface area contributed by atoms with Gasteiger partial charge in [0.15, 0.2) is 5.78 Å². The van der Waals surface area contributed by atoms with Gasteiger partial charge in [-0.2, -0.15) is 0 Å². The van der Waals surface area contributed by atoms with Crippen molar-refractivity contribution in [2.75, 3.05) is 34.8 Å². The maximum Gasteiger partial charge on any atom is 0.168 e. The Kier molecular flexibility index (Phi) is 7.54. The molecule has 0 aliphatic carbocycles. The Morgan fingerprint density at radius 1 is 1.26 bits per heavy atom. The molecule has 1 aromatic rings. The van der Waals surface area contributed by atoms with Gasteiger partial charge in [0.25, 0.3) is 0 Å². The highest BCUT2D eigenvalue weighted by atomic mass is 127. The van der Waals surface area contributed by atoms with Gasteiger partial charge >= 0.3 is 0 Å². The van der Waals surface area contributed by atoms with Crippen LogP contribution in [0.5, 0.6) is 5.75 Å². The molecule has 1 N–H and O–H groups in total. The van der Waals surface area contributed by atoms with Crippen LogP contribution >= 0.6 is 0 Å². The van der Waals surface area contributed by atoms with E-state index >= 15 is 0 Å². The highest BCUT2D eigenvalue weighted by Gasteiger charge is 2.14. The fraction of sp³-hybridized carbons (Fsp3) is 0.500. The van der Waals surface area contributed by atoms with Crippen molar-refractivity contribution in [1.82, 2.24) is 0 Å². The molecule has 0 heterocycles. The minimum Gasteiger partial charge on any atom is -1.00 e. The first-order valence-corrected chi connectivity index (χ1v) is 5.98. The SMILES string of the molecule is COc1cc(CO)cc(C(=O)CC[N+](C)(C)C)c1.[I-]. The highest BCUT2D eigenvalue weighted by Crippen LogP contribution is 2.18. The van der Waals surface area contributed by atoms with Crippen molar-refractivity contribution in [3.63, 3.8) is 0 Å². The predicted molar refractivity (Wildman–Crippen MR) is 70.8 cm³/mol. The zero-order valence-corrected chi connectivity index (χ0v) is 14.1. The van der Waals surface area contributed by atoms with E-state index in [-0.39, 0.29) is 36.4 Å². The maximum atomic E-state index is 12.1. The fourth-order valence-corrected chi connectivity index (χ4v) is 1.61. The molecule has 1 rings (SSSR count). The number of rotatable bonds is 6. The maximum absolute atomic E-state index is 12.1. The molecule has 0 amide bonds. The summed E-state index contributed by atoms with van der Waals surface area (Å²) in [5.41, 5.74) is 1.30. The predicted octanol–water partition coefficient (Wildman–Crippen LogP) is -1.53. The van der Waals surface area contributed by atoms with Crippen LogP contribution in [0.3, 0.4) is 0 Å². The molecule has 0 fully saturated rings. The normalized spacial score (nSPS) is 10.8. The Labute approximate surface area is 132 Å². The number of Topliss-reactive ketones (excluding diaryl/α,β-unsaturated/α-hetero) is 1. The summed E-state index contributed by atoms with van der Waals surface area (Å²) in [6.45, 7) is 0.692. The second kappa shape index (κ2) is 7.81. The second-order valence-electron chi connectivity index (χ2n) is 5.41. The minimum absolute atomic E-state index is 0. The van der Waals surface area contributed by atoms with E-state index in [9.17, 15) is 4.79 Å². The van der Waals surface area contributed by atoms with Crippen LogP contribution in [-0.2, 0) is 6.61 Å². The zero-order chi connectivity index (χ0) is 13.8. The van der Waals surface area contributed by atoms with Crippen LogP contribution in [0, 0.1) is 0 Å². The number of halogens is 1. The van der Waals surface area contributed by atoms with Crippen molar-refractivity contribution in [3.05, 3.63) is 29.3 Å². The molecule has 0 spiro atoms. The molecule has 108 valence electrons. The molecule has 0 aliphatic rings. The Balaban J connectivity index is 0.00000324. The number of hydrogen-bond acceptors (Lipinski definition) is 3. The Morgan fingerprint density at radius 2 is 1.89 bits per heavy atom. The Morgan fingerprint density at radius 3 is 2.37 bits per heavy atom. The first kappa shape index (κ1) is 18.3. The zero-order valence-electron chi connectivity index (χ0n) is 11.9. The number of ether oxygens (including phenoxy) is 1. The molecule has 0 atom stereocenters. The lowest BCUT2D eigenvalue weighted by atomic mass is 10.0. The van der Waals surface area contributed by atoms with Crippen molar-refractivity contribution in [2.24, 2.45) is 0 Å². The van der Waals surface area contributed by atoms with Gasteiger partial charge in [-0.15, -0.1) is 0 Å². The number of aliphatic hydroxyl groups is 1. The van der Waals surface area contributed by atoms with E-state index in [1.807, 2.05) is 0 Å². The molecule has 0 saturated heterocycles. The van der Waals surface area contributed by atoms with Crippen LogP contribution in [0.4, 0.5) is 0 Å². The summed E-state index contributed by atoms with van der Waals surface area (Å²) in [6.07, 6.45) is 0.488. The number of methoxy groups -OCH3 is 1. The summed E-state index contributed by atoms with van der Waals surface area (Å²) in [7, 11) is 7.71. The van der Waals surface area contributed by atoms with Crippen LogP contribution in [0.25, 0.3) is 0 Å². The number of ketones is 1. The van der Waals surface area contributed by atoms with Gasteiger partial charge in [0.2, 0.25) is 0 Å². The highest BCUT2D eigenvalue weighted by molar-refractivity contribution is 5.96. The largest absolute Gasteiger partial charge is 1.00 e.